The Morgan fingerprint density at radius 2 is 1.76 bits per heavy atom. The molecule has 0 radical (unpaired) electrons. The number of nitriles is 1. The van der Waals surface area contributed by atoms with E-state index in [-0.39, 0.29) is 0 Å². The van der Waals surface area contributed by atoms with E-state index < -0.39 is 11.7 Å². The van der Waals surface area contributed by atoms with Crippen molar-refractivity contribution in [2.45, 2.75) is 0 Å². The molecule has 6 heteroatoms. The zero-order valence-electron chi connectivity index (χ0n) is 12.9. The van der Waals surface area contributed by atoms with Gasteiger partial charge in [0, 0.05) is 27.2 Å². The van der Waals surface area contributed by atoms with Gasteiger partial charge in [0.05, 0.1) is 11.1 Å². The molecule has 120 valence electrons. The van der Waals surface area contributed by atoms with Gasteiger partial charge in [-0.2, -0.15) is 5.26 Å². The van der Waals surface area contributed by atoms with Crippen LogP contribution < -0.4 is 5.32 Å². The Balaban J connectivity index is 1.68. The number of rotatable bonds is 3. The summed E-state index contributed by atoms with van der Waals surface area (Å²) in [6.07, 6.45) is 1.53. The van der Waals surface area contributed by atoms with Gasteiger partial charge in [-0.05, 0) is 12.1 Å². The summed E-state index contributed by atoms with van der Waals surface area (Å²) in [6, 6.07) is 16.8. The number of para-hydroxylation sites is 1. The molecular weight excluding hydrogens is 334 g/mol. The number of benzene rings is 2. The molecule has 0 spiro atoms. The summed E-state index contributed by atoms with van der Waals surface area (Å²) in [6.45, 7) is 0. The van der Waals surface area contributed by atoms with Gasteiger partial charge in [0.2, 0.25) is 0 Å². The summed E-state index contributed by atoms with van der Waals surface area (Å²) in [4.78, 5) is 27.9. The summed E-state index contributed by atoms with van der Waals surface area (Å²) in [5.41, 5.74) is 1.48. The van der Waals surface area contributed by atoms with Gasteiger partial charge in [0.25, 0.3) is 11.7 Å². The van der Waals surface area contributed by atoms with E-state index in [0.29, 0.717) is 21.5 Å². The van der Waals surface area contributed by atoms with Crippen molar-refractivity contribution >= 4 is 49.0 Å². The number of nitrogens with one attached hydrogen (secondary N) is 2. The molecule has 0 saturated heterocycles. The number of Topliss-reactive ketones (excluding diaryl/α,β-unsaturated/α-hetero) is 1. The molecule has 0 bridgehead atoms. The average molecular weight is 345 g/mol. The number of amides is 1. The van der Waals surface area contributed by atoms with Crippen LogP contribution in [0.25, 0.3) is 21.0 Å². The second-order valence-electron chi connectivity index (χ2n) is 5.45. The second-order valence-corrected chi connectivity index (χ2v) is 6.50. The summed E-state index contributed by atoms with van der Waals surface area (Å²) in [5, 5.41) is 13.8. The minimum Gasteiger partial charge on any atom is -0.360 e. The Labute approximate surface area is 146 Å². The largest absolute Gasteiger partial charge is 0.360 e. The molecule has 5 nitrogen and oxygen atoms in total. The van der Waals surface area contributed by atoms with Crippen molar-refractivity contribution in [3.05, 3.63) is 65.9 Å². The van der Waals surface area contributed by atoms with Crippen molar-refractivity contribution < 1.29 is 9.59 Å². The molecule has 0 aliphatic rings. The third-order valence-corrected chi connectivity index (χ3v) is 5.06. The molecule has 0 fully saturated rings. The Kier molecular flexibility index (Phi) is 3.56. The Hall–Kier alpha value is -3.43. The van der Waals surface area contributed by atoms with Gasteiger partial charge in [0.1, 0.15) is 11.1 Å². The van der Waals surface area contributed by atoms with Crippen LogP contribution in [0.4, 0.5) is 5.00 Å². The van der Waals surface area contributed by atoms with Crippen molar-refractivity contribution in [2.24, 2.45) is 0 Å². The quantitative estimate of drug-likeness (QED) is 0.433. The highest BCUT2D eigenvalue weighted by Crippen LogP contribution is 2.35. The van der Waals surface area contributed by atoms with Crippen molar-refractivity contribution in [1.82, 2.24) is 4.98 Å². The van der Waals surface area contributed by atoms with Crippen LogP contribution in [-0.4, -0.2) is 16.7 Å². The van der Waals surface area contributed by atoms with Gasteiger partial charge < -0.3 is 10.3 Å². The number of H-pyrrole nitrogens is 1. The second kappa shape index (κ2) is 5.89. The minimum absolute atomic E-state index is 0.313. The molecule has 0 aliphatic carbocycles. The molecule has 4 aromatic rings. The molecule has 2 N–H and O–H groups in total. The molecule has 0 aliphatic heterocycles. The van der Waals surface area contributed by atoms with Gasteiger partial charge in [-0.1, -0.05) is 36.4 Å². The van der Waals surface area contributed by atoms with Crippen molar-refractivity contribution in [2.75, 3.05) is 5.32 Å². The van der Waals surface area contributed by atoms with Gasteiger partial charge in [-0.15, -0.1) is 11.3 Å². The van der Waals surface area contributed by atoms with Crippen molar-refractivity contribution in [1.29, 1.82) is 5.26 Å². The molecule has 0 unspecified atom stereocenters. The average Bonchev–Trinajstić information content (AvgIpc) is 3.21. The lowest BCUT2D eigenvalue weighted by Gasteiger charge is -2.02. The third-order valence-electron chi connectivity index (χ3n) is 3.97. The number of carbonyl (C=O) groups is 2. The monoisotopic (exact) mass is 345 g/mol. The number of nitrogens with zero attached hydrogens (tertiary/aromatic N) is 1. The number of carbonyl (C=O) groups excluding carboxylic acids is 2. The maximum atomic E-state index is 12.5. The maximum absolute atomic E-state index is 12.5. The fourth-order valence-corrected chi connectivity index (χ4v) is 3.83. The molecule has 0 atom stereocenters. The zero-order chi connectivity index (χ0) is 17.4. The lowest BCUT2D eigenvalue weighted by molar-refractivity contribution is -0.112. The van der Waals surface area contributed by atoms with Crippen LogP contribution in [-0.2, 0) is 4.79 Å². The first-order valence-electron chi connectivity index (χ1n) is 7.52. The fourth-order valence-electron chi connectivity index (χ4n) is 2.79. The summed E-state index contributed by atoms with van der Waals surface area (Å²) < 4.78 is 0.883. The Bertz CT molecular complexity index is 1180. The molecule has 0 saturated carbocycles. The van der Waals surface area contributed by atoms with E-state index in [9.17, 15) is 14.9 Å². The number of aromatic amines is 1. The summed E-state index contributed by atoms with van der Waals surface area (Å²) in [5.74, 6) is -1.40. The van der Waals surface area contributed by atoms with Crippen LogP contribution in [0.3, 0.4) is 0 Å². The highest BCUT2D eigenvalue weighted by atomic mass is 32.1. The number of hydrogen-bond acceptors (Lipinski definition) is 4. The normalized spacial score (nSPS) is 10.7. The van der Waals surface area contributed by atoms with E-state index in [2.05, 4.69) is 16.4 Å². The van der Waals surface area contributed by atoms with Crippen LogP contribution >= 0.6 is 11.3 Å². The summed E-state index contributed by atoms with van der Waals surface area (Å²) in [7, 11) is 0. The smallest absolute Gasteiger partial charge is 0.297 e. The predicted octanol–water partition coefficient (Wildman–Crippen LogP) is 4.08. The fraction of sp³-hybridized carbons (Fsp3) is 0. The minimum atomic E-state index is -0.757. The SMILES string of the molecule is N#Cc1c(NC(=O)C(=O)c2c[nH]c3ccccc23)sc2ccccc12. The molecular formula is C19H11N3O2S. The van der Waals surface area contributed by atoms with Gasteiger partial charge in [-0.25, -0.2) is 0 Å². The molecule has 25 heavy (non-hydrogen) atoms. The first kappa shape index (κ1) is 15.1. The number of anilines is 1. The van der Waals surface area contributed by atoms with E-state index in [1.54, 1.807) is 6.07 Å². The molecule has 2 aromatic heterocycles. The van der Waals surface area contributed by atoms with E-state index in [4.69, 9.17) is 0 Å². The molecule has 4 rings (SSSR count). The van der Waals surface area contributed by atoms with Crippen LogP contribution in [0.1, 0.15) is 15.9 Å². The van der Waals surface area contributed by atoms with E-state index in [1.165, 1.54) is 17.5 Å². The Morgan fingerprint density at radius 1 is 1.04 bits per heavy atom. The van der Waals surface area contributed by atoms with Crippen LogP contribution in [0.15, 0.2) is 54.7 Å². The number of ketones is 1. The standard InChI is InChI=1S/C19H11N3O2S/c20-9-13-12-6-2-4-8-16(12)25-19(13)22-18(24)17(23)14-10-21-15-7-3-1-5-11(14)15/h1-8,10,21H,(H,22,24). The van der Waals surface area contributed by atoms with Crippen molar-refractivity contribution in [3.63, 3.8) is 0 Å². The number of thiophene rings is 1. The Morgan fingerprint density at radius 3 is 2.56 bits per heavy atom. The number of aromatic nitrogens is 1. The topological polar surface area (TPSA) is 85.8 Å². The van der Waals surface area contributed by atoms with Gasteiger partial charge >= 0.3 is 0 Å². The number of fused-ring (bicyclic) bond motifs is 2. The van der Waals surface area contributed by atoms with Crippen LogP contribution in [0, 0.1) is 11.3 Å². The van der Waals surface area contributed by atoms with E-state index in [1.807, 2.05) is 42.5 Å². The summed E-state index contributed by atoms with van der Waals surface area (Å²) >= 11 is 1.28. The zero-order valence-corrected chi connectivity index (χ0v) is 13.7. The lowest BCUT2D eigenvalue weighted by atomic mass is 10.1. The first-order valence-corrected chi connectivity index (χ1v) is 8.34. The first-order chi connectivity index (χ1) is 12.2. The van der Waals surface area contributed by atoms with Gasteiger partial charge in [-0.3, -0.25) is 9.59 Å². The molecule has 2 aromatic carbocycles. The number of hydrogen-bond donors (Lipinski definition) is 2. The third kappa shape index (κ3) is 2.47. The molecule has 2 heterocycles. The van der Waals surface area contributed by atoms with E-state index in [0.717, 1.165) is 15.6 Å². The lowest BCUT2D eigenvalue weighted by Crippen LogP contribution is -2.22. The molecule has 1 amide bonds. The van der Waals surface area contributed by atoms with Crippen LogP contribution in [0.2, 0.25) is 0 Å². The highest BCUT2D eigenvalue weighted by Gasteiger charge is 2.22. The van der Waals surface area contributed by atoms with Gasteiger partial charge in [0.15, 0.2) is 0 Å². The van der Waals surface area contributed by atoms with Crippen LogP contribution in [0.5, 0.6) is 0 Å². The predicted molar refractivity (Wildman–Crippen MR) is 97.8 cm³/mol. The maximum Gasteiger partial charge on any atom is 0.297 e. The van der Waals surface area contributed by atoms with Crippen molar-refractivity contribution in [3.8, 4) is 6.07 Å². The highest BCUT2D eigenvalue weighted by molar-refractivity contribution is 7.23. The van der Waals surface area contributed by atoms with E-state index >= 15 is 0 Å².